The SMILES string of the molecule is CCOC(=O)[C@@](N)(C[C@H](Cc1ccc(C(C)(C)C)c(OCCCOC)c1)C(C)C)C(=O)OC(C)(C)C. The van der Waals surface area contributed by atoms with E-state index >= 15 is 0 Å². The molecule has 2 N–H and O–H groups in total. The molecular weight excluding hydrogens is 458 g/mol. The lowest BCUT2D eigenvalue weighted by Crippen LogP contribution is -2.59. The Balaban J connectivity index is 3.29. The van der Waals surface area contributed by atoms with Crippen LogP contribution in [0.1, 0.15) is 86.3 Å². The Bertz CT molecular complexity index is 852. The van der Waals surface area contributed by atoms with Gasteiger partial charge in [-0.3, -0.25) is 0 Å². The van der Waals surface area contributed by atoms with Gasteiger partial charge in [0.2, 0.25) is 5.54 Å². The van der Waals surface area contributed by atoms with Crippen molar-refractivity contribution in [1.29, 1.82) is 0 Å². The lowest BCUT2D eigenvalue weighted by Gasteiger charge is -2.33. The Labute approximate surface area is 218 Å². The zero-order chi connectivity index (χ0) is 27.7. The van der Waals surface area contributed by atoms with Gasteiger partial charge < -0.3 is 24.7 Å². The Morgan fingerprint density at radius 3 is 2.14 bits per heavy atom. The summed E-state index contributed by atoms with van der Waals surface area (Å²) in [5.41, 5.74) is 5.92. The number of ether oxygens (including phenoxy) is 4. The van der Waals surface area contributed by atoms with Crippen molar-refractivity contribution >= 4 is 11.9 Å². The summed E-state index contributed by atoms with van der Waals surface area (Å²) >= 11 is 0. The summed E-state index contributed by atoms with van der Waals surface area (Å²) in [5, 5.41) is 0. The van der Waals surface area contributed by atoms with E-state index in [0.29, 0.717) is 19.6 Å². The number of hydrogen-bond donors (Lipinski definition) is 1. The Morgan fingerprint density at radius 1 is 1.00 bits per heavy atom. The molecule has 36 heavy (non-hydrogen) atoms. The molecule has 0 aliphatic heterocycles. The number of carbonyl (C=O) groups excluding carboxylic acids is 2. The van der Waals surface area contributed by atoms with Crippen LogP contribution in [0.2, 0.25) is 0 Å². The second-order valence-corrected chi connectivity index (χ2v) is 11.9. The molecule has 0 bridgehead atoms. The molecule has 7 heteroatoms. The zero-order valence-electron chi connectivity index (χ0n) is 24.2. The van der Waals surface area contributed by atoms with Gasteiger partial charge in [0.05, 0.1) is 13.2 Å². The van der Waals surface area contributed by atoms with Crippen LogP contribution in [0.4, 0.5) is 0 Å². The monoisotopic (exact) mass is 507 g/mol. The van der Waals surface area contributed by atoms with E-state index in [9.17, 15) is 9.59 Å². The van der Waals surface area contributed by atoms with Crippen molar-refractivity contribution in [3.63, 3.8) is 0 Å². The first kappa shape index (κ1) is 31.9. The van der Waals surface area contributed by atoms with Crippen molar-refractivity contribution in [3.8, 4) is 5.75 Å². The van der Waals surface area contributed by atoms with Crippen molar-refractivity contribution < 1.29 is 28.5 Å². The van der Waals surface area contributed by atoms with Crippen molar-refractivity contribution in [1.82, 2.24) is 0 Å². The summed E-state index contributed by atoms with van der Waals surface area (Å²) < 4.78 is 22.1. The Morgan fingerprint density at radius 2 is 1.64 bits per heavy atom. The van der Waals surface area contributed by atoms with Crippen molar-refractivity contribution in [2.75, 3.05) is 26.9 Å². The third-order valence-corrected chi connectivity index (χ3v) is 6.03. The van der Waals surface area contributed by atoms with Crippen LogP contribution in [0.5, 0.6) is 5.75 Å². The maximum atomic E-state index is 13.1. The molecule has 0 radical (unpaired) electrons. The van der Waals surface area contributed by atoms with Gasteiger partial charge >= 0.3 is 11.9 Å². The topological polar surface area (TPSA) is 97.1 Å². The molecule has 0 spiro atoms. The van der Waals surface area contributed by atoms with Crippen molar-refractivity contribution in [2.45, 2.75) is 98.1 Å². The summed E-state index contributed by atoms with van der Waals surface area (Å²) in [5.74, 6) is -0.596. The van der Waals surface area contributed by atoms with Gasteiger partial charge in [-0.25, -0.2) is 9.59 Å². The first-order valence-corrected chi connectivity index (χ1v) is 13.0. The van der Waals surface area contributed by atoms with Crippen LogP contribution in [0.25, 0.3) is 0 Å². The second kappa shape index (κ2) is 13.4. The fourth-order valence-electron chi connectivity index (χ4n) is 3.96. The molecule has 0 fully saturated rings. The van der Waals surface area contributed by atoms with Gasteiger partial charge in [-0.15, -0.1) is 0 Å². The molecule has 0 aliphatic rings. The number of benzene rings is 1. The molecule has 0 saturated carbocycles. The van der Waals surface area contributed by atoms with Crippen molar-refractivity contribution in [3.05, 3.63) is 29.3 Å². The van der Waals surface area contributed by atoms with E-state index in [1.807, 2.05) is 0 Å². The van der Waals surface area contributed by atoms with E-state index in [2.05, 4.69) is 52.8 Å². The first-order valence-electron chi connectivity index (χ1n) is 13.0. The predicted octanol–water partition coefficient (Wildman–Crippen LogP) is 5.21. The van der Waals surface area contributed by atoms with Crippen molar-refractivity contribution in [2.24, 2.45) is 17.6 Å². The highest BCUT2D eigenvalue weighted by molar-refractivity contribution is 6.04. The van der Waals surface area contributed by atoms with Crippen LogP contribution < -0.4 is 10.5 Å². The number of esters is 2. The van der Waals surface area contributed by atoms with Gasteiger partial charge in [-0.05, 0) is 75.0 Å². The van der Waals surface area contributed by atoms with E-state index in [0.717, 1.165) is 23.3 Å². The minimum atomic E-state index is -1.89. The summed E-state index contributed by atoms with van der Waals surface area (Å²) in [6, 6.07) is 6.26. The maximum absolute atomic E-state index is 13.1. The van der Waals surface area contributed by atoms with Gasteiger partial charge in [0, 0.05) is 20.1 Å². The zero-order valence-corrected chi connectivity index (χ0v) is 24.2. The molecule has 1 rings (SSSR count). The molecule has 0 aromatic heterocycles. The van der Waals surface area contributed by atoms with Crippen LogP contribution in [0.3, 0.4) is 0 Å². The van der Waals surface area contributed by atoms with Gasteiger partial charge in [0.25, 0.3) is 0 Å². The molecule has 2 atom stereocenters. The summed E-state index contributed by atoms with van der Waals surface area (Å²) in [7, 11) is 1.68. The highest BCUT2D eigenvalue weighted by atomic mass is 16.6. The van der Waals surface area contributed by atoms with E-state index < -0.39 is 23.1 Å². The molecule has 1 aromatic carbocycles. The van der Waals surface area contributed by atoms with Gasteiger partial charge in [0.1, 0.15) is 11.4 Å². The van der Waals surface area contributed by atoms with Crippen LogP contribution >= 0.6 is 0 Å². The van der Waals surface area contributed by atoms with E-state index in [1.165, 1.54) is 0 Å². The summed E-state index contributed by atoms with van der Waals surface area (Å²) in [6.07, 6.45) is 1.53. The molecule has 206 valence electrons. The molecular formula is C29H49NO6. The molecule has 0 unspecified atom stereocenters. The molecule has 7 nitrogen and oxygen atoms in total. The van der Waals surface area contributed by atoms with Crippen LogP contribution in [0.15, 0.2) is 18.2 Å². The van der Waals surface area contributed by atoms with Crippen LogP contribution in [-0.4, -0.2) is 50.0 Å². The average molecular weight is 508 g/mol. The van der Waals surface area contributed by atoms with Gasteiger partial charge in [-0.1, -0.05) is 46.8 Å². The average Bonchev–Trinajstić information content (AvgIpc) is 2.74. The minimum Gasteiger partial charge on any atom is -0.493 e. The van der Waals surface area contributed by atoms with E-state index in [4.69, 9.17) is 24.7 Å². The van der Waals surface area contributed by atoms with E-state index in [-0.39, 0.29) is 30.3 Å². The summed E-state index contributed by atoms with van der Waals surface area (Å²) in [4.78, 5) is 26.0. The fourth-order valence-corrected chi connectivity index (χ4v) is 3.96. The van der Waals surface area contributed by atoms with E-state index in [1.54, 1.807) is 34.8 Å². The Hall–Kier alpha value is -2.12. The third-order valence-electron chi connectivity index (χ3n) is 6.03. The molecule has 0 heterocycles. The molecule has 0 aliphatic carbocycles. The number of hydrogen-bond acceptors (Lipinski definition) is 7. The highest BCUT2D eigenvalue weighted by Crippen LogP contribution is 2.35. The smallest absolute Gasteiger partial charge is 0.338 e. The number of nitrogens with two attached hydrogens (primary N) is 1. The molecule has 1 aromatic rings. The number of rotatable bonds is 13. The lowest BCUT2D eigenvalue weighted by molar-refractivity contribution is -0.172. The molecule has 0 amide bonds. The minimum absolute atomic E-state index is 0.0752. The first-order chi connectivity index (χ1) is 16.5. The molecule has 0 saturated heterocycles. The standard InChI is InChI=1S/C29H49NO6/c1-11-34-25(31)29(30,26(32)36-28(7,8)9)19-22(20(2)3)17-21-13-14-23(27(4,5)6)24(18-21)35-16-12-15-33-10/h13-14,18,20,22H,11-12,15-17,19,30H2,1-10H3/t22-,29-/m0/s1. The third kappa shape index (κ3) is 9.74. The number of carbonyl (C=O) groups is 2. The second-order valence-electron chi connectivity index (χ2n) is 11.9. The number of methoxy groups -OCH3 is 1. The Kier molecular flexibility index (Phi) is 11.9. The van der Waals surface area contributed by atoms with Crippen LogP contribution in [0, 0.1) is 11.8 Å². The quantitative estimate of drug-likeness (QED) is 0.222. The normalized spacial score (nSPS) is 14.8. The van der Waals surface area contributed by atoms with Gasteiger partial charge in [-0.2, -0.15) is 0 Å². The van der Waals surface area contributed by atoms with Crippen LogP contribution in [-0.2, 0) is 35.6 Å². The lowest BCUT2D eigenvalue weighted by atomic mass is 9.78. The van der Waals surface area contributed by atoms with Gasteiger partial charge in [0.15, 0.2) is 0 Å². The predicted molar refractivity (Wildman–Crippen MR) is 143 cm³/mol. The fraction of sp³-hybridized carbons (Fsp3) is 0.724. The summed E-state index contributed by atoms with van der Waals surface area (Å²) in [6.45, 7) is 18.9. The maximum Gasteiger partial charge on any atom is 0.338 e. The highest BCUT2D eigenvalue weighted by Gasteiger charge is 2.48. The largest absolute Gasteiger partial charge is 0.493 e.